The predicted molar refractivity (Wildman–Crippen MR) is 93.0 cm³/mol. The first-order valence-corrected chi connectivity index (χ1v) is 8.47. The molecule has 0 aliphatic carbocycles. The van der Waals surface area contributed by atoms with Crippen molar-refractivity contribution in [2.45, 2.75) is 38.9 Å². The van der Waals surface area contributed by atoms with Gasteiger partial charge in [-0.25, -0.2) is 0 Å². The van der Waals surface area contributed by atoms with Gasteiger partial charge >= 0.3 is 0 Å². The number of hydrogen-bond donors (Lipinski definition) is 1. The maximum atomic E-state index is 6.38. The van der Waals surface area contributed by atoms with Crippen molar-refractivity contribution in [3.8, 4) is 0 Å². The topological polar surface area (TPSA) is 29.3 Å². The molecule has 2 atom stereocenters. The van der Waals surface area contributed by atoms with Crippen LogP contribution < -0.4 is 5.73 Å². The Morgan fingerprint density at radius 2 is 1.86 bits per heavy atom. The molecule has 2 N–H and O–H groups in total. The summed E-state index contributed by atoms with van der Waals surface area (Å²) in [4.78, 5) is 5.01. The summed E-state index contributed by atoms with van der Waals surface area (Å²) < 4.78 is 0. The molecule has 0 radical (unpaired) electrons. The molecule has 0 fully saturated rings. The number of aryl methyl sites for hydroxylation is 1. The second-order valence-corrected chi connectivity index (χ2v) is 7.26. The molecule has 21 heavy (non-hydrogen) atoms. The van der Waals surface area contributed by atoms with Crippen LogP contribution in [0.1, 0.15) is 34.7 Å². The zero-order valence-electron chi connectivity index (χ0n) is 12.8. The van der Waals surface area contributed by atoms with Crippen LogP contribution in [-0.4, -0.2) is 18.0 Å². The van der Waals surface area contributed by atoms with Crippen molar-refractivity contribution < 1.29 is 0 Å². The molecule has 0 aliphatic rings. The molecule has 4 heteroatoms. The highest BCUT2D eigenvalue weighted by Gasteiger charge is 2.24. The number of likely N-dealkylation sites (N-methyl/N-ethyl adjacent to an activating group) is 1. The van der Waals surface area contributed by atoms with Crippen LogP contribution in [0.2, 0.25) is 5.02 Å². The molecule has 0 bridgehead atoms. The molecule has 2 rings (SSSR count). The van der Waals surface area contributed by atoms with Crippen LogP contribution in [0.5, 0.6) is 0 Å². The molecule has 0 amide bonds. The smallest absolute Gasteiger partial charge is 0.0593 e. The summed E-state index contributed by atoms with van der Waals surface area (Å²) in [6, 6.07) is 12.8. The van der Waals surface area contributed by atoms with E-state index < -0.39 is 0 Å². The second-order valence-electron chi connectivity index (χ2n) is 5.51. The van der Waals surface area contributed by atoms with E-state index in [9.17, 15) is 0 Å². The Kier molecular flexibility index (Phi) is 5.82. The average molecular weight is 323 g/mol. The van der Waals surface area contributed by atoms with Gasteiger partial charge in [0.25, 0.3) is 0 Å². The standard InChI is InChI=1S/C17H23ClN2S/c1-4-15(19)17(16-10-5-12(2)21-16)20(3)11-13-6-8-14(18)9-7-13/h5-10,15,17H,4,11,19H2,1-3H3. The van der Waals surface area contributed by atoms with E-state index in [4.69, 9.17) is 17.3 Å². The lowest BCUT2D eigenvalue weighted by molar-refractivity contribution is 0.205. The number of thiophene rings is 1. The molecule has 0 aliphatic heterocycles. The number of hydrogen-bond acceptors (Lipinski definition) is 3. The maximum Gasteiger partial charge on any atom is 0.0593 e. The maximum absolute atomic E-state index is 6.38. The van der Waals surface area contributed by atoms with Gasteiger partial charge in [-0.15, -0.1) is 11.3 Å². The van der Waals surface area contributed by atoms with Crippen LogP contribution >= 0.6 is 22.9 Å². The highest BCUT2D eigenvalue weighted by atomic mass is 35.5. The van der Waals surface area contributed by atoms with Gasteiger partial charge in [0.05, 0.1) is 6.04 Å². The zero-order valence-corrected chi connectivity index (χ0v) is 14.4. The summed E-state index contributed by atoms with van der Waals surface area (Å²) in [5.41, 5.74) is 7.63. The van der Waals surface area contributed by atoms with Crippen LogP contribution in [-0.2, 0) is 6.54 Å². The summed E-state index contributed by atoms with van der Waals surface area (Å²) >= 11 is 7.79. The lowest BCUT2D eigenvalue weighted by Crippen LogP contribution is -2.38. The predicted octanol–water partition coefficient (Wildman–Crippen LogP) is 4.62. The molecule has 0 saturated heterocycles. The molecule has 0 spiro atoms. The van der Waals surface area contributed by atoms with Gasteiger partial charge in [0.2, 0.25) is 0 Å². The van der Waals surface area contributed by atoms with E-state index in [1.807, 2.05) is 23.5 Å². The van der Waals surface area contributed by atoms with Gasteiger partial charge in [0.1, 0.15) is 0 Å². The van der Waals surface area contributed by atoms with Crippen LogP contribution in [0.3, 0.4) is 0 Å². The first-order valence-electron chi connectivity index (χ1n) is 7.28. The number of benzene rings is 1. The van der Waals surface area contributed by atoms with Gasteiger partial charge < -0.3 is 5.73 Å². The van der Waals surface area contributed by atoms with Crippen molar-refractivity contribution in [3.05, 3.63) is 56.7 Å². The number of nitrogens with zero attached hydrogens (tertiary/aromatic N) is 1. The SMILES string of the molecule is CCC(N)C(c1ccc(C)s1)N(C)Cc1ccc(Cl)cc1. The second kappa shape index (κ2) is 7.41. The lowest BCUT2D eigenvalue weighted by Gasteiger charge is -2.31. The normalized spacial score (nSPS) is 14.4. The van der Waals surface area contributed by atoms with E-state index in [0.29, 0.717) is 0 Å². The van der Waals surface area contributed by atoms with E-state index in [1.54, 1.807) is 0 Å². The van der Waals surface area contributed by atoms with Crippen LogP contribution in [0, 0.1) is 6.92 Å². The van der Waals surface area contributed by atoms with E-state index >= 15 is 0 Å². The summed E-state index contributed by atoms with van der Waals surface area (Å²) in [6.07, 6.45) is 0.965. The van der Waals surface area contributed by atoms with Gasteiger partial charge in [0.15, 0.2) is 0 Å². The van der Waals surface area contributed by atoms with E-state index in [0.717, 1.165) is 18.0 Å². The van der Waals surface area contributed by atoms with E-state index in [-0.39, 0.29) is 12.1 Å². The van der Waals surface area contributed by atoms with Crippen molar-refractivity contribution >= 4 is 22.9 Å². The van der Waals surface area contributed by atoms with Gasteiger partial charge in [-0.3, -0.25) is 4.90 Å². The minimum atomic E-state index is 0.139. The minimum absolute atomic E-state index is 0.139. The first kappa shape index (κ1) is 16.5. The molecule has 2 nitrogen and oxygen atoms in total. The summed E-state index contributed by atoms with van der Waals surface area (Å²) in [6.45, 7) is 5.16. The summed E-state index contributed by atoms with van der Waals surface area (Å²) in [5, 5.41) is 0.775. The van der Waals surface area contributed by atoms with Gasteiger partial charge in [-0.2, -0.15) is 0 Å². The molecule has 1 aromatic carbocycles. The number of nitrogens with two attached hydrogens (primary N) is 1. The van der Waals surface area contributed by atoms with Crippen LogP contribution in [0.4, 0.5) is 0 Å². The number of halogens is 1. The monoisotopic (exact) mass is 322 g/mol. The quantitative estimate of drug-likeness (QED) is 0.840. The van der Waals surface area contributed by atoms with Crippen molar-refractivity contribution in [3.63, 3.8) is 0 Å². The Balaban J connectivity index is 2.18. The molecule has 2 unspecified atom stereocenters. The summed E-state index contributed by atoms with van der Waals surface area (Å²) in [5.74, 6) is 0. The fraction of sp³-hybridized carbons (Fsp3) is 0.412. The van der Waals surface area contributed by atoms with E-state index in [2.05, 4.69) is 50.1 Å². The van der Waals surface area contributed by atoms with Crippen molar-refractivity contribution in [2.24, 2.45) is 5.73 Å². The van der Waals surface area contributed by atoms with Crippen molar-refractivity contribution in [2.75, 3.05) is 7.05 Å². The molecular weight excluding hydrogens is 300 g/mol. The highest BCUT2D eigenvalue weighted by Crippen LogP contribution is 2.31. The zero-order chi connectivity index (χ0) is 15.4. The van der Waals surface area contributed by atoms with Crippen LogP contribution in [0.15, 0.2) is 36.4 Å². The molecule has 1 aromatic heterocycles. The fourth-order valence-electron chi connectivity index (χ4n) is 2.57. The Morgan fingerprint density at radius 1 is 1.19 bits per heavy atom. The molecule has 114 valence electrons. The molecule has 1 heterocycles. The summed E-state index contributed by atoms with van der Waals surface area (Å²) in [7, 11) is 2.14. The third-order valence-electron chi connectivity index (χ3n) is 3.75. The Hall–Kier alpha value is -0.870. The Labute approximate surface area is 136 Å². The highest BCUT2D eigenvalue weighted by molar-refractivity contribution is 7.12. The Morgan fingerprint density at radius 3 is 2.38 bits per heavy atom. The van der Waals surface area contributed by atoms with Gasteiger partial charge in [0, 0.05) is 27.4 Å². The van der Waals surface area contributed by atoms with Crippen molar-refractivity contribution in [1.29, 1.82) is 0 Å². The lowest BCUT2D eigenvalue weighted by atomic mass is 10.0. The largest absolute Gasteiger partial charge is 0.326 e. The third-order valence-corrected chi connectivity index (χ3v) is 5.07. The van der Waals surface area contributed by atoms with Gasteiger partial charge in [-0.05, 0) is 50.2 Å². The minimum Gasteiger partial charge on any atom is -0.326 e. The fourth-order valence-corrected chi connectivity index (χ4v) is 3.81. The molecule has 2 aromatic rings. The van der Waals surface area contributed by atoms with Crippen molar-refractivity contribution in [1.82, 2.24) is 4.90 Å². The third kappa shape index (κ3) is 4.30. The Bertz CT molecular complexity index is 564. The first-order chi connectivity index (χ1) is 10.0. The average Bonchev–Trinajstić information content (AvgIpc) is 2.87. The van der Waals surface area contributed by atoms with Crippen LogP contribution in [0.25, 0.3) is 0 Å². The van der Waals surface area contributed by atoms with E-state index in [1.165, 1.54) is 15.3 Å². The molecule has 0 saturated carbocycles. The number of rotatable bonds is 6. The molecular formula is C17H23ClN2S. The van der Waals surface area contributed by atoms with Gasteiger partial charge in [-0.1, -0.05) is 30.7 Å².